The summed E-state index contributed by atoms with van der Waals surface area (Å²) < 4.78 is 1.85. The SMILES string of the molecule is CCCNc1cc(C)nc(Cn2cccc2C#N)n1. The first-order chi connectivity index (χ1) is 9.22. The van der Waals surface area contributed by atoms with Gasteiger partial charge in [-0.25, -0.2) is 9.97 Å². The largest absolute Gasteiger partial charge is 0.370 e. The summed E-state index contributed by atoms with van der Waals surface area (Å²) in [4.78, 5) is 8.88. The number of hydrogen-bond acceptors (Lipinski definition) is 4. The fourth-order valence-corrected chi connectivity index (χ4v) is 1.85. The Labute approximate surface area is 112 Å². The van der Waals surface area contributed by atoms with Gasteiger partial charge >= 0.3 is 0 Å². The summed E-state index contributed by atoms with van der Waals surface area (Å²) in [5.74, 6) is 1.56. The van der Waals surface area contributed by atoms with Crippen molar-refractivity contribution in [2.75, 3.05) is 11.9 Å². The van der Waals surface area contributed by atoms with Gasteiger partial charge in [0, 0.05) is 24.5 Å². The molecule has 0 atom stereocenters. The maximum atomic E-state index is 8.99. The van der Waals surface area contributed by atoms with Crippen LogP contribution in [0.3, 0.4) is 0 Å². The highest BCUT2D eigenvalue weighted by molar-refractivity contribution is 5.35. The first-order valence-electron chi connectivity index (χ1n) is 6.36. The fraction of sp³-hybridized carbons (Fsp3) is 0.357. The Morgan fingerprint density at radius 1 is 1.42 bits per heavy atom. The molecule has 0 fully saturated rings. The van der Waals surface area contributed by atoms with E-state index in [0.29, 0.717) is 18.1 Å². The van der Waals surface area contributed by atoms with E-state index in [1.54, 1.807) is 6.07 Å². The van der Waals surface area contributed by atoms with E-state index in [4.69, 9.17) is 5.26 Å². The quantitative estimate of drug-likeness (QED) is 0.890. The monoisotopic (exact) mass is 255 g/mol. The molecule has 98 valence electrons. The number of aryl methyl sites for hydroxylation is 1. The predicted octanol–water partition coefficient (Wildman–Crippen LogP) is 2.33. The van der Waals surface area contributed by atoms with Crippen LogP contribution in [0.1, 0.15) is 30.6 Å². The van der Waals surface area contributed by atoms with Crippen molar-refractivity contribution in [3.05, 3.63) is 41.6 Å². The summed E-state index contributed by atoms with van der Waals surface area (Å²) in [7, 11) is 0. The van der Waals surface area contributed by atoms with E-state index in [-0.39, 0.29) is 0 Å². The molecule has 0 bridgehead atoms. The van der Waals surface area contributed by atoms with Crippen LogP contribution in [-0.4, -0.2) is 21.1 Å². The lowest BCUT2D eigenvalue weighted by Gasteiger charge is -2.09. The molecular weight excluding hydrogens is 238 g/mol. The van der Waals surface area contributed by atoms with Crippen LogP contribution in [0.5, 0.6) is 0 Å². The molecule has 2 aromatic rings. The van der Waals surface area contributed by atoms with E-state index in [0.717, 1.165) is 24.5 Å². The molecule has 5 heteroatoms. The maximum Gasteiger partial charge on any atom is 0.150 e. The smallest absolute Gasteiger partial charge is 0.150 e. The number of hydrogen-bond donors (Lipinski definition) is 1. The number of nitrogens with zero attached hydrogens (tertiary/aromatic N) is 4. The lowest BCUT2D eigenvalue weighted by molar-refractivity contribution is 0.735. The summed E-state index contributed by atoms with van der Waals surface area (Å²) in [6, 6.07) is 7.72. The zero-order valence-corrected chi connectivity index (χ0v) is 11.2. The van der Waals surface area contributed by atoms with Crippen LogP contribution in [0.15, 0.2) is 24.4 Å². The van der Waals surface area contributed by atoms with Crippen molar-refractivity contribution in [3.8, 4) is 6.07 Å². The second kappa shape index (κ2) is 6.01. The highest BCUT2D eigenvalue weighted by atomic mass is 15.1. The van der Waals surface area contributed by atoms with E-state index < -0.39 is 0 Å². The predicted molar refractivity (Wildman–Crippen MR) is 73.8 cm³/mol. The third-order valence-electron chi connectivity index (χ3n) is 2.71. The lowest BCUT2D eigenvalue weighted by Crippen LogP contribution is -2.09. The molecule has 5 nitrogen and oxygen atoms in total. The average molecular weight is 255 g/mol. The highest BCUT2D eigenvalue weighted by Gasteiger charge is 2.05. The van der Waals surface area contributed by atoms with Gasteiger partial charge in [-0.3, -0.25) is 0 Å². The third kappa shape index (κ3) is 3.32. The molecular formula is C14H17N5. The van der Waals surface area contributed by atoms with E-state index in [1.807, 2.05) is 29.8 Å². The van der Waals surface area contributed by atoms with Gasteiger partial charge in [0.05, 0.1) is 6.54 Å². The Morgan fingerprint density at radius 2 is 2.26 bits per heavy atom. The Kier molecular flexibility index (Phi) is 4.14. The van der Waals surface area contributed by atoms with Crippen LogP contribution in [0.25, 0.3) is 0 Å². The van der Waals surface area contributed by atoms with Gasteiger partial charge in [0.1, 0.15) is 17.6 Å². The van der Waals surface area contributed by atoms with Crippen LogP contribution in [-0.2, 0) is 6.54 Å². The molecule has 1 N–H and O–H groups in total. The summed E-state index contributed by atoms with van der Waals surface area (Å²) >= 11 is 0. The number of rotatable bonds is 5. The summed E-state index contributed by atoms with van der Waals surface area (Å²) in [6.07, 6.45) is 2.91. The van der Waals surface area contributed by atoms with Crippen molar-refractivity contribution in [2.24, 2.45) is 0 Å². The fourth-order valence-electron chi connectivity index (χ4n) is 1.85. The molecule has 0 unspecified atom stereocenters. The number of anilines is 1. The van der Waals surface area contributed by atoms with E-state index in [2.05, 4.69) is 28.3 Å². The van der Waals surface area contributed by atoms with Crippen molar-refractivity contribution in [1.29, 1.82) is 5.26 Å². The van der Waals surface area contributed by atoms with Crippen molar-refractivity contribution >= 4 is 5.82 Å². The standard InChI is InChI=1S/C14H17N5/c1-3-6-16-13-8-11(2)17-14(18-13)10-19-7-4-5-12(19)9-15/h4-5,7-8H,3,6,10H2,1-2H3,(H,16,17,18). The van der Waals surface area contributed by atoms with E-state index >= 15 is 0 Å². The van der Waals surface area contributed by atoms with Crippen molar-refractivity contribution in [1.82, 2.24) is 14.5 Å². The van der Waals surface area contributed by atoms with Gasteiger partial charge in [0.25, 0.3) is 0 Å². The first kappa shape index (κ1) is 13.1. The number of nitriles is 1. The molecule has 2 heterocycles. The summed E-state index contributed by atoms with van der Waals surface area (Å²) in [5.41, 5.74) is 1.54. The number of aromatic nitrogens is 3. The zero-order valence-electron chi connectivity index (χ0n) is 11.2. The van der Waals surface area contributed by atoms with Crippen LogP contribution in [0.4, 0.5) is 5.82 Å². The molecule has 19 heavy (non-hydrogen) atoms. The minimum Gasteiger partial charge on any atom is -0.370 e. The van der Waals surface area contributed by atoms with Gasteiger partial charge < -0.3 is 9.88 Å². The van der Waals surface area contributed by atoms with Gasteiger partial charge in [-0.05, 0) is 25.5 Å². The minimum atomic E-state index is 0.512. The molecule has 2 aromatic heterocycles. The molecule has 2 rings (SSSR count). The molecule has 0 aliphatic carbocycles. The number of nitrogens with one attached hydrogen (secondary N) is 1. The van der Waals surface area contributed by atoms with Crippen molar-refractivity contribution < 1.29 is 0 Å². The van der Waals surface area contributed by atoms with E-state index in [1.165, 1.54) is 0 Å². The molecule has 0 radical (unpaired) electrons. The maximum absolute atomic E-state index is 8.99. The second-order valence-electron chi connectivity index (χ2n) is 4.37. The zero-order chi connectivity index (χ0) is 13.7. The Hall–Kier alpha value is -2.35. The summed E-state index contributed by atoms with van der Waals surface area (Å²) in [5, 5.41) is 12.2. The molecule has 0 aromatic carbocycles. The highest BCUT2D eigenvalue weighted by Crippen LogP contribution is 2.09. The normalized spacial score (nSPS) is 10.2. The topological polar surface area (TPSA) is 66.5 Å². The van der Waals surface area contributed by atoms with E-state index in [9.17, 15) is 0 Å². The van der Waals surface area contributed by atoms with Crippen molar-refractivity contribution in [2.45, 2.75) is 26.8 Å². The molecule has 0 aliphatic rings. The molecule has 0 aliphatic heterocycles. The van der Waals surface area contributed by atoms with Gasteiger partial charge in [-0.1, -0.05) is 6.92 Å². The Morgan fingerprint density at radius 3 is 3.00 bits per heavy atom. The average Bonchev–Trinajstić information content (AvgIpc) is 2.83. The van der Waals surface area contributed by atoms with Gasteiger partial charge in [0.2, 0.25) is 0 Å². The second-order valence-corrected chi connectivity index (χ2v) is 4.37. The Balaban J connectivity index is 2.20. The van der Waals surface area contributed by atoms with Gasteiger partial charge in [-0.15, -0.1) is 0 Å². The Bertz CT molecular complexity index is 594. The van der Waals surface area contributed by atoms with Crippen LogP contribution < -0.4 is 5.32 Å². The van der Waals surface area contributed by atoms with Crippen LogP contribution >= 0.6 is 0 Å². The third-order valence-corrected chi connectivity index (χ3v) is 2.71. The minimum absolute atomic E-state index is 0.512. The van der Waals surface area contributed by atoms with Gasteiger partial charge in [-0.2, -0.15) is 5.26 Å². The van der Waals surface area contributed by atoms with Crippen molar-refractivity contribution in [3.63, 3.8) is 0 Å². The first-order valence-corrected chi connectivity index (χ1v) is 6.36. The molecule has 0 saturated carbocycles. The van der Waals surface area contributed by atoms with Crippen LogP contribution in [0, 0.1) is 18.3 Å². The van der Waals surface area contributed by atoms with Crippen LogP contribution in [0.2, 0.25) is 0 Å². The summed E-state index contributed by atoms with van der Waals surface area (Å²) in [6.45, 7) is 5.46. The van der Waals surface area contributed by atoms with Gasteiger partial charge in [0.15, 0.2) is 5.82 Å². The molecule has 0 amide bonds. The molecule has 0 saturated heterocycles. The lowest BCUT2D eigenvalue weighted by atomic mass is 10.4. The molecule has 0 spiro atoms.